The molecule has 1 amide bonds. The lowest BCUT2D eigenvalue weighted by Crippen LogP contribution is -2.15. The van der Waals surface area contributed by atoms with Crippen LogP contribution in [0.15, 0.2) is 46.9 Å². The maximum Gasteiger partial charge on any atom is 0.227 e. The molecular weight excluding hydrogens is 339 g/mol. The smallest absolute Gasteiger partial charge is 0.227 e. The number of benzene rings is 2. The summed E-state index contributed by atoms with van der Waals surface area (Å²) in [6.07, 6.45) is 0.179. The van der Waals surface area contributed by atoms with Crippen LogP contribution in [0.1, 0.15) is 6.42 Å². The van der Waals surface area contributed by atoms with Gasteiger partial charge in [0.25, 0.3) is 0 Å². The minimum Gasteiger partial charge on any atom is -0.492 e. The third-order valence-electron chi connectivity index (χ3n) is 2.70. The van der Waals surface area contributed by atoms with E-state index >= 15 is 0 Å². The summed E-state index contributed by atoms with van der Waals surface area (Å²) in [7, 11) is 0. The van der Waals surface area contributed by atoms with Crippen molar-refractivity contribution in [1.82, 2.24) is 0 Å². The molecule has 0 spiro atoms. The van der Waals surface area contributed by atoms with Crippen LogP contribution in [0.4, 0.5) is 15.8 Å². The first-order chi connectivity index (χ1) is 10.1. The monoisotopic (exact) mass is 352 g/mol. The number of carbonyl (C=O) groups excluding carboxylic acids is 1. The largest absolute Gasteiger partial charge is 0.492 e. The van der Waals surface area contributed by atoms with Crippen LogP contribution in [0.2, 0.25) is 0 Å². The number of anilines is 2. The Morgan fingerprint density at radius 1 is 1.29 bits per heavy atom. The van der Waals surface area contributed by atoms with Gasteiger partial charge in [0.1, 0.15) is 11.6 Å². The highest BCUT2D eigenvalue weighted by molar-refractivity contribution is 9.10. The fourth-order valence-electron chi connectivity index (χ4n) is 1.66. The molecular formula is C15H14BrFN2O2. The Labute approximate surface area is 130 Å². The van der Waals surface area contributed by atoms with Crippen LogP contribution < -0.4 is 15.8 Å². The van der Waals surface area contributed by atoms with Gasteiger partial charge in [-0.25, -0.2) is 4.39 Å². The van der Waals surface area contributed by atoms with Crippen LogP contribution in [0.5, 0.6) is 5.75 Å². The number of nitrogens with one attached hydrogen (secondary N) is 1. The zero-order valence-corrected chi connectivity index (χ0v) is 12.7. The molecule has 0 aliphatic rings. The quantitative estimate of drug-likeness (QED) is 0.808. The molecule has 0 saturated carbocycles. The number of nitrogen functional groups attached to an aromatic ring is 1. The molecule has 0 fully saturated rings. The molecule has 110 valence electrons. The summed E-state index contributed by atoms with van der Waals surface area (Å²) in [6.45, 7) is 0.241. The molecule has 3 N–H and O–H groups in total. The zero-order chi connectivity index (χ0) is 15.2. The van der Waals surface area contributed by atoms with E-state index in [0.29, 0.717) is 11.4 Å². The third-order valence-corrected chi connectivity index (χ3v) is 3.36. The van der Waals surface area contributed by atoms with Gasteiger partial charge in [-0.1, -0.05) is 12.1 Å². The number of ether oxygens (including phenoxy) is 1. The van der Waals surface area contributed by atoms with Crippen molar-refractivity contribution in [1.29, 1.82) is 0 Å². The highest BCUT2D eigenvalue weighted by atomic mass is 79.9. The fraction of sp³-hybridized carbons (Fsp3) is 0.133. The van der Waals surface area contributed by atoms with Crippen molar-refractivity contribution >= 4 is 33.2 Å². The summed E-state index contributed by atoms with van der Waals surface area (Å²) in [6, 6.07) is 11.4. The topological polar surface area (TPSA) is 64.3 Å². The summed E-state index contributed by atoms with van der Waals surface area (Å²) < 4.78 is 19.3. The molecule has 21 heavy (non-hydrogen) atoms. The van der Waals surface area contributed by atoms with Crippen LogP contribution >= 0.6 is 15.9 Å². The van der Waals surface area contributed by atoms with Gasteiger partial charge in [-0.05, 0) is 46.3 Å². The molecule has 0 unspecified atom stereocenters. The lowest BCUT2D eigenvalue weighted by molar-refractivity contribution is -0.116. The molecule has 0 saturated heterocycles. The van der Waals surface area contributed by atoms with Gasteiger partial charge < -0.3 is 15.8 Å². The Bertz CT molecular complexity index is 649. The maximum atomic E-state index is 13.0. The molecule has 4 nitrogen and oxygen atoms in total. The van der Waals surface area contributed by atoms with Crippen LogP contribution in [0.25, 0.3) is 0 Å². The van der Waals surface area contributed by atoms with Crippen molar-refractivity contribution in [3.63, 3.8) is 0 Å². The summed E-state index contributed by atoms with van der Waals surface area (Å²) in [5.74, 6) is -0.0605. The number of halogens is 2. The van der Waals surface area contributed by atoms with Gasteiger partial charge >= 0.3 is 0 Å². The number of para-hydroxylation sites is 1. The van der Waals surface area contributed by atoms with Gasteiger partial charge in [0.15, 0.2) is 0 Å². The molecule has 0 bridgehead atoms. The molecule has 2 rings (SSSR count). The number of carbonyl (C=O) groups is 1. The van der Waals surface area contributed by atoms with Crippen LogP contribution in [0, 0.1) is 5.82 Å². The van der Waals surface area contributed by atoms with Gasteiger partial charge in [-0.3, -0.25) is 4.79 Å². The Morgan fingerprint density at radius 3 is 2.76 bits per heavy atom. The summed E-state index contributed by atoms with van der Waals surface area (Å²) in [4.78, 5) is 11.7. The Morgan fingerprint density at radius 2 is 2.05 bits per heavy atom. The number of amides is 1. The molecule has 6 heteroatoms. The normalized spacial score (nSPS) is 10.2. The van der Waals surface area contributed by atoms with E-state index in [9.17, 15) is 9.18 Å². The van der Waals surface area contributed by atoms with E-state index in [4.69, 9.17) is 10.5 Å². The van der Waals surface area contributed by atoms with E-state index in [-0.39, 0.29) is 24.6 Å². The minimum atomic E-state index is -0.509. The van der Waals surface area contributed by atoms with Crippen molar-refractivity contribution in [2.24, 2.45) is 0 Å². The van der Waals surface area contributed by atoms with Gasteiger partial charge in [0, 0.05) is 5.69 Å². The Balaban J connectivity index is 1.82. The van der Waals surface area contributed by atoms with Crippen molar-refractivity contribution in [3.05, 3.63) is 52.8 Å². The SMILES string of the molecule is Nc1cc(NC(=O)CCOc2ccccc2Br)ccc1F. The fourth-order valence-corrected chi connectivity index (χ4v) is 2.06. The number of hydrogen-bond acceptors (Lipinski definition) is 3. The lowest BCUT2D eigenvalue weighted by atomic mass is 10.2. The van der Waals surface area contributed by atoms with Crippen LogP contribution in [0.3, 0.4) is 0 Å². The van der Waals surface area contributed by atoms with Crippen molar-refractivity contribution < 1.29 is 13.9 Å². The Kier molecular flexibility index (Phi) is 5.16. The first-order valence-corrected chi connectivity index (χ1v) is 7.08. The standard InChI is InChI=1S/C15H14BrFN2O2/c16-11-3-1-2-4-14(11)21-8-7-15(20)19-10-5-6-12(17)13(18)9-10/h1-6,9H,7-8,18H2,(H,19,20). The third kappa shape index (κ3) is 4.46. The van der Waals surface area contributed by atoms with E-state index in [1.807, 2.05) is 24.3 Å². The first-order valence-electron chi connectivity index (χ1n) is 6.28. The maximum absolute atomic E-state index is 13.0. The van der Waals surface area contributed by atoms with Crippen LogP contribution in [-0.4, -0.2) is 12.5 Å². The van der Waals surface area contributed by atoms with Crippen LogP contribution in [-0.2, 0) is 4.79 Å². The van der Waals surface area contributed by atoms with E-state index < -0.39 is 5.82 Å². The van der Waals surface area contributed by atoms with Gasteiger partial charge in [-0.15, -0.1) is 0 Å². The molecule has 0 aliphatic heterocycles. The zero-order valence-electron chi connectivity index (χ0n) is 11.1. The van der Waals surface area contributed by atoms with Crippen molar-refractivity contribution in [2.45, 2.75) is 6.42 Å². The van der Waals surface area contributed by atoms with E-state index in [1.165, 1.54) is 18.2 Å². The molecule has 0 aliphatic carbocycles. The van der Waals surface area contributed by atoms with E-state index in [1.54, 1.807) is 0 Å². The van der Waals surface area contributed by atoms with Gasteiger partial charge in [0.05, 0.1) is 23.2 Å². The second kappa shape index (κ2) is 7.08. The van der Waals surface area contributed by atoms with E-state index in [0.717, 1.165) is 4.47 Å². The lowest BCUT2D eigenvalue weighted by Gasteiger charge is -2.09. The number of nitrogens with two attached hydrogens (primary N) is 1. The minimum absolute atomic E-state index is 0.00253. The molecule has 2 aromatic carbocycles. The summed E-state index contributed by atoms with van der Waals surface area (Å²) in [5, 5.41) is 2.63. The predicted molar refractivity (Wildman–Crippen MR) is 83.7 cm³/mol. The second-order valence-corrected chi connectivity index (χ2v) is 5.17. The average Bonchev–Trinajstić information content (AvgIpc) is 2.45. The average molecular weight is 353 g/mol. The molecule has 0 aromatic heterocycles. The second-order valence-electron chi connectivity index (χ2n) is 4.31. The number of hydrogen-bond donors (Lipinski definition) is 2. The molecule has 0 heterocycles. The first kappa shape index (κ1) is 15.3. The summed E-state index contributed by atoms with van der Waals surface area (Å²) in [5.41, 5.74) is 5.89. The number of rotatable bonds is 5. The van der Waals surface area contributed by atoms with Gasteiger partial charge in [-0.2, -0.15) is 0 Å². The molecule has 0 atom stereocenters. The summed E-state index contributed by atoms with van der Waals surface area (Å²) >= 11 is 3.36. The highest BCUT2D eigenvalue weighted by Crippen LogP contribution is 2.23. The van der Waals surface area contributed by atoms with Crippen molar-refractivity contribution in [2.75, 3.05) is 17.7 Å². The van der Waals surface area contributed by atoms with Crippen molar-refractivity contribution in [3.8, 4) is 5.75 Å². The Hall–Kier alpha value is -2.08. The predicted octanol–water partition coefficient (Wildman–Crippen LogP) is 3.58. The highest BCUT2D eigenvalue weighted by Gasteiger charge is 2.06. The van der Waals surface area contributed by atoms with E-state index in [2.05, 4.69) is 21.2 Å². The van der Waals surface area contributed by atoms with Gasteiger partial charge in [0.2, 0.25) is 5.91 Å². The molecule has 0 radical (unpaired) electrons. The molecule has 2 aromatic rings.